The van der Waals surface area contributed by atoms with Crippen LogP contribution < -0.4 is 0 Å². The highest BCUT2D eigenvalue weighted by molar-refractivity contribution is 6.06. The minimum atomic E-state index is -1.04. The SMILES string of the molecule is CC1=NCc2c(N=Nc3c(C(=O)OC(=O)c4cnn(-c5ccccn5)c4N=Nc4c(C)nn5c4CN=C5C)cnn3-c3ccccn3)c(C)nn21. The zero-order valence-corrected chi connectivity index (χ0v) is 27.6. The fourth-order valence-corrected chi connectivity index (χ4v) is 5.57. The molecular formula is C32H26N16O3. The lowest BCUT2D eigenvalue weighted by atomic mass is 10.3. The topological polar surface area (TPSA) is 215 Å². The highest BCUT2D eigenvalue weighted by Crippen LogP contribution is 2.33. The van der Waals surface area contributed by atoms with Gasteiger partial charge in [0.05, 0.1) is 48.3 Å². The summed E-state index contributed by atoms with van der Waals surface area (Å²) in [6, 6.07) is 10.3. The van der Waals surface area contributed by atoms with Gasteiger partial charge in [0.2, 0.25) is 0 Å². The molecule has 0 radical (unpaired) electrons. The molecule has 0 saturated carbocycles. The number of carbonyl (C=O) groups is 2. The van der Waals surface area contributed by atoms with Crippen molar-refractivity contribution < 1.29 is 14.3 Å². The molecule has 8 rings (SSSR count). The molecule has 8 heterocycles. The third-order valence-electron chi connectivity index (χ3n) is 8.11. The summed E-state index contributed by atoms with van der Waals surface area (Å²) in [4.78, 5) is 44.9. The van der Waals surface area contributed by atoms with E-state index in [1.807, 2.05) is 13.8 Å². The van der Waals surface area contributed by atoms with Crippen LogP contribution >= 0.6 is 0 Å². The van der Waals surface area contributed by atoms with Crippen LogP contribution in [0, 0.1) is 13.8 Å². The van der Waals surface area contributed by atoms with Crippen LogP contribution in [-0.2, 0) is 17.8 Å². The number of nitrogens with zero attached hydrogens (tertiary/aromatic N) is 16. The number of aliphatic imine (C=N–C) groups is 2. The van der Waals surface area contributed by atoms with Crippen molar-refractivity contribution in [3.63, 3.8) is 0 Å². The van der Waals surface area contributed by atoms with Crippen LogP contribution in [0.25, 0.3) is 11.6 Å². The van der Waals surface area contributed by atoms with Crippen molar-refractivity contribution in [1.29, 1.82) is 0 Å². The van der Waals surface area contributed by atoms with E-state index in [0.717, 1.165) is 23.1 Å². The van der Waals surface area contributed by atoms with E-state index >= 15 is 0 Å². The molecule has 6 aromatic heterocycles. The van der Waals surface area contributed by atoms with Gasteiger partial charge in [-0.05, 0) is 52.0 Å². The Morgan fingerprint density at radius 3 is 1.49 bits per heavy atom. The van der Waals surface area contributed by atoms with Crippen molar-refractivity contribution in [2.75, 3.05) is 0 Å². The van der Waals surface area contributed by atoms with E-state index in [0.29, 0.717) is 47.5 Å². The first-order valence-electron chi connectivity index (χ1n) is 15.6. The second-order valence-corrected chi connectivity index (χ2v) is 11.4. The molecule has 0 saturated heterocycles. The number of ether oxygens (including phenoxy) is 1. The number of aryl methyl sites for hydroxylation is 2. The zero-order valence-electron chi connectivity index (χ0n) is 27.6. The zero-order chi connectivity index (χ0) is 35.2. The molecule has 0 spiro atoms. The molecule has 0 N–H and O–H groups in total. The van der Waals surface area contributed by atoms with Crippen molar-refractivity contribution in [2.45, 2.75) is 40.8 Å². The van der Waals surface area contributed by atoms with Crippen molar-refractivity contribution in [3.8, 4) is 11.6 Å². The number of carbonyl (C=O) groups excluding carboxylic acids is 2. The van der Waals surface area contributed by atoms with Crippen molar-refractivity contribution in [1.82, 2.24) is 49.1 Å². The van der Waals surface area contributed by atoms with Crippen LogP contribution in [0.4, 0.5) is 23.0 Å². The third kappa shape index (κ3) is 5.41. The molecule has 6 aromatic rings. The summed E-state index contributed by atoms with van der Waals surface area (Å²) in [6.45, 7) is 8.05. The van der Waals surface area contributed by atoms with E-state index in [2.05, 4.69) is 60.8 Å². The third-order valence-corrected chi connectivity index (χ3v) is 8.11. The number of hydrogen-bond acceptors (Lipinski definition) is 15. The highest BCUT2D eigenvalue weighted by Gasteiger charge is 2.29. The van der Waals surface area contributed by atoms with Gasteiger partial charge in [0.1, 0.15) is 34.2 Å². The van der Waals surface area contributed by atoms with Gasteiger partial charge in [-0.3, -0.25) is 9.98 Å². The van der Waals surface area contributed by atoms with Crippen LogP contribution in [0.2, 0.25) is 0 Å². The predicted molar refractivity (Wildman–Crippen MR) is 179 cm³/mol. The number of esters is 2. The molecule has 51 heavy (non-hydrogen) atoms. The van der Waals surface area contributed by atoms with E-state index in [1.165, 1.54) is 21.8 Å². The van der Waals surface area contributed by atoms with Gasteiger partial charge in [-0.15, -0.1) is 20.5 Å². The molecule has 0 unspecified atom stereocenters. The molecule has 2 aliphatic rings. The molecule has 19 nitrogen and oxygen atoms in total. The first-order valence-corrected chi connectivity index (χ1v) is 15.6. The second kappa shape index (κ2) is 12.4. The lowest BCUT2D eigenvalue weighted by Gasteiger charge is -2.05. The first-order chi connectivity index (χ1) is 24.8. The summed E-state index contributed by atoms with van der Waals surface area (Å²) >= 11 is 0. The Balaban J connectivity index is 1.14. The Morgan fingerprint density at radius 1 is 0.627 bits per heavy atom. The van der Waals surface area contributed by atoms with Crippen molar-refractivity contribution >= 4 is 46.6 Å². The Hall–Kier alpha value is -7.18. The smallest absolute Gasteiger partial charge is 0.351 e. The Bertz CT molecular complexity index is 2310. The molecule has 2 aliphatic heterocycles. The summed E-state index contributed by atoms with van der Waals surface area (Å²) in [7, 11) is 0. The van der Waals surface area contributed by atoms with Crippen molar-refractivity contribution in [2.24, 2.45) is 30.4 Å². The standard InChI is InChI=1S/C32H26N16O3/c1-17-27(23-15-35-19(3)45(23)43-17)39-41-29-21(13-37-47(29)25-9-5-7-11-33-25)31(49)51-32(50)22-14-38-48(26-10-6-8-12-34-26)30(22)42-40-28-18(2)44-46-20(4)36-16-24(28)46/h5-14H,15-16H2,1-4H3. The van der Waals surface area contributed by atoms with Gasteiger partial charge in [0.15, 0.2) is 23.3 Å². The van der Waals surface area contributed by atoms with Gasteiger partial charge >= 0.3 is 11.9 Å². The highest BCUT2D eigenvalue weighted by atomic mass is 16.6. The first kappa shape index (κ1) is 31.1. The van der Waals surface area contributed by atoms with Gasteiger partial charge < -0.3 is 4.74 Å². The van der Waals surface area contributed by atoms with E-state index in [9.17, 15) is 9.59 Å². The summed E-state index contributed by atoms with van der Waals surface area (Å²) in [5.41, 5.74) is 3.45. The number of azo groups is 2. The molecule has 0 atom stereocenters. The van der Waals surface area contributed by atoms with Crippen LogP contribution in [0.3, 0.4) is 0 Å². The monoisotopic (exact) mass is 682 g/mol. The average molecular weight is 683 g/mol. The minimum Gasteiger partial charge on any atom is -0.385 e. The Morgan fingerprint density at radius 2 is 1.08 bits per heavy atom. The maximum Gasteiger partial charge on any atom is 0.351 e. The van der Waals surface area contributed by atoms with Gasteiger partial charge in [-0.1, -0.05) is 12.1 Å². The lowest BCUT2D eigenvalue weighted by Crippen LogP contribution is -2.13. The van der Waals surface area contributed by atoms with Crippen molar-refractivity contribution in [3.05, 3.63) is 95.1 Å². The van der Waals surface area contributed by atoms with Gasteiger partial charge in [0.25, 0.3) is 0 Å². The summed E-state index contributed by atoms with van der Waals surface area (Å²) < 4.78 is 11.4. The molecule has 0 amide bonds. The predicted octanol–water partition coefficient (Wildman–Crippen LogP) is 5.25. The molecule has 19 heteroatoms. The number of pyridine rings is 2. The maximum atomic E-state index is 13.7. The number of hydrogen-bond donors (Lipinski definition) is 0. The quantitative estimate of drug-likeness (QED) is 0.116. The Labute approximate surface area is 287 Å². The lowest BCUT2D eigenvalue weighted by molar-refractivity contribution is 0.0399. The fraction of sp³-hybridized carbons (Fsp3) is 0.188. The number of rotatable bonds is 8. The average Bonchev–Trinajstić information content (AvgIpc) is 3.99. The molecule has 0 aliphatic carbocycles. The molecule has 0 fully saturated rings. The van der Waals surface area contributed by atoms with Gasteiger partial charge in [0, 0.05) is 12.4 Å². The van der Waals surface area contributed by atoms with E-state index in [4.69, 9.17) is 4.74 Å². The van der Waals surface area contributed by atoms with Gasteiger partial charge in [-0.2, -0.15) is 29.8 Å². The molecule has 0 bridgehead atoms. The minimum absolute atomic E-state index is 0.0198. The van der Waals surface area contributed by atoms with Crippen LogP contribution in [-0.4, -0.2) is 72.7 Å². The van der Waals surface area contributed by atoms with Crippen LogP contribution in [0.5, 0.6) is 0 Å². The maximum absolute atomic E-state index is 13.7. The summed E-state index contributed by atoms with van der Waals surface area (Å²) in [6.07, 6.45) is 5.59. The molecule has 252 valence electrons. The second-order valence-electron chi connectivity index (χ2n) is 11.4. The number of aromatic nitrogens is 10. The Kier molecular flexibility index (Phi) is 7.54. The van der Waals surface area contributed by atoms with E-state index in [1.54, 1.807) is 72.0 Å². The largest absolute Gasteiger partial charge is 0.385 e. The summed E-state index contributed by atoms with van der Waals surface area (Å²) in [5, 5.41) is 35.3. The van der Waals surface area contributed by atoms with Gasteiger partial charge in [-0.25, -0.2) is 28.9 Å². The van der Waals surface area contributed by atoms with Crippen LogP contribution in [0.1, 0.15) is 57.3 Å². The van der Waals surface area contributed by atoms with E-state index in [-0.39, 0.29) is 22.8 Å². The van der Waals surface area contributed by atoms with Crippen LogP contribution in [0.15, 0.2) is 91.6 Å². The molecule has 0 aromatic carbocycles. The normalized spacial score (nSPS) is 13.6. The fourth-order valence-electron chi connectivity index (χ4n) is 5.57. The molecular weight excluding hydrogens is 656 g/mol. The summed E-state index contributed by atoms with van der Waals surface area (Å²) in [5.74, 6) is 0.0495. The van der Waals surface area contributed by atoms with E-state index < -0.39 is 11.9 Å². The number of fused-ring (bicyclic) bond motifs is 2.